The molecule has 1 N–H and O–H groups in total. The number of hydrogen-bond donors (Lipinski definition) is 1. The fourth-order valence-corrected chi connectivity index (χ4v) is 4.27. The van der Waals surface area contributed by atoms with Crippen molar-refractivity contribution in [2.24, 2.45) is 5.92 Å². The highest BCUT2D eigenvalue weighted by molar-refractivity contribution is 5.99. The summed E-state index contributed by atoms with van der Waals surface area (Å²) in [6.45, 7) is 5.84. The highest BCUT2D eigenvalue weighted by atomic mass is 19.4. The van der Waals surface area contributed by atoms with Crippen molar-refractivity contribution in [1.29, 1.82) is 0 Å². The Morgan fingerprint density at radius 2 is 1.90 bits per heavy atom. The first-order valence-electron chi connectivity index (χ1n) is 10.5. The Balaban J connectivity index is 2.01. The van der Waals surface area contributed by atoms with Crippen LogP contribution in [0.3, 0.4) is 0 Å². The van der Waals surface area contributed by atoms with Crippen LogP contribution in [0.1, 0.15) is 68.8 Å². The van der Waals surface area contributed by atoms with Gasteiger partial charge in [-0.15, -0.1) is 0 Å². The van der Waals surface area contributed by atoms with Crippen molar-refractivity contribution in [1.82, 2.24) is 10.2 Å². The lowest BCUT2D eigenvalue weighted by molar-refractivity contribution is -0.138. The molecule has 1 aliphatic carbocycles. The zero-order chi connectivity index (χ0) is 22.1. The van der Waals surface area contributed by atoms with Gasteiger partial charge in [-0.25, -0.2) is 0 Å². The minimum absolute atomic E-state index is 0.0173. The number of carbonyl (C=O) groups excluding carboxylic acids is 2. The molecule has 1 aromatic rings. The van der Waals surface area contributed by atoms with Crippen LogP contribution in [0.15, 0.2) is 24.3 Å². The number of halogens is 3. The Bertz CT molecular complexity index is 788. The van der Waals surface area contributed by atoms with E-state index in [0.29, 0.717) is 25.2 Å². The first kappa shape index (κ1) is 22.6. The molecule has 0 bridgehead atoms. The number of nitrogens with zero attached hydrogens (tertiary/aromatic N) is 1. The van der Waals surface area contributed by atoms with E-state index in [4.69, 9.17) is 4.74 Å². The Morgan fingerprint density at radius 1 is 1.27 bits per heavy atom. The van der Waals surface area contributed by atoms with Crippen molar-refractivity contribution in [3.05, 3.63) is 35.4 Å². The van der Waals surface area contributed by atoms with E-state index >= 15 is 0 Å². The van der Waals surface area contributed by atoms with Crippen LogP contribution in [-0.2, 0) is 15.7 Å². The SMILES string of the molecule is CC[C@@H](C)NC(=O)[C@H]1COC2(CCC(C)CC2)N1C(=O)c1ccccc1C(F)(F)F. The monoisotopic (exact) mass is 426 g/mol. The molecule has 2 atom stereocenters. The number of rotatable bonds is 4. The summed E-state index contributed by atoms with van der Waals surface area (Å²) in [6.07, 6.45) is -1.40. The van der Waals surface area contributed by atoms with Gasteiger partial charge in [0.1, 0.15) is 11.8 Å². The Labute approximate surface area is 175 Å². The minimum atomic E-state index is -4.67. The summed E-state index contributed by atoms with van der Waals surface area (Å²) in [6, 6.07) is 3.66. The van der Waals surface area contributed by atoms with Crippen LogP contribution in [0, 0.1) is 5.92 Å². The highest BCUT2D eigenvalue weighted by Crippen LogP contribution is 2.44. The normalized spacial score (nSPS) is 27.9. The van der Waals surface area contributed by atoms with Crippen LogP contribution in [0.25, 0.3) is 0 Å². The van der Waals surface area contributed by atoms with Crippen LogP contribution in [0.2, 0.25) is 0 Å². The molecular formula is C22H29F3N2O3. The lowest BCUT2D eigenvalue weighted by atomic mass is 9.83. The molecule has 1 heterocycles. The summed E-state index contributed by atoms with van der Waals surface area (Å²) >= 11 is 0. The Hall–Kier alpha value is -2.09. The average Bonchev–Trinajstić information content (AvgIpc) is 3.08. The standard InChI is InChI=1S/C22H29F3N2O3/c1-4-15(3)26-19(28)18-13-30-21(11-9-14(2)10-12-21)27(18)20(29)16-7-5-6-8-17(16)22(23,24)25/h5-8,14-15,18H,4,9-13H2,1-3H3,(H,26,28)/t14?,15-,18-,21?/m1/s1. The molecule has 30 heavy (non-hydrogen) atoms. The predicted octanol–water partition coefficient (Wildman–Crippen LogP) is 4.37. The van der Waals surface area contributed by atoms with Crippen molar-refractivity contribution >= 4 is 11.8 Å². The molecule has 1 saturated carbocycles. The van der Waals surface area contributed by atoms with Gasteiger partial charge in [0.15, 0.2) is 0 Å². The Morgan fingerprint density at radius 3 is 2.50 bits per heavy atom. The number of benzene rings is 1. The molecule has 166 valence electrons. The van der Waals surface area contributed by atoms with Gasteiger partial charge in [-0.05, 0) is 57.1 Å². The van der Waals surface area contributed by atoms with Gasteiger partial charge in [-0.1, -0.05) is 26.0 Å². The first-order chi connectivity index (χ1) is 14.1. The average molecular weight is 426 g/mol. The molecule has 5 nitrogen and oxygen atoms in total. The number of hydrogen-bond acceptors (Lipinski definition) is 3. The second-order valence-corrected chi connectivity index (χ2v) is 8.49. The maximum Gasteiger partial charge on any atom is 0.417 e. The molecule has 1 aliphatic heterocycles. The summed E-state index contributed by atoms with van der Waals surface area (Å²) < 4.78 is 46.7. The van der Waals surface area contributed by atoms with Gasteiger partial charge < -0.3 is 10.1 Å². The number of amides is 2. The molecule has 8 heteroatoms. The van der Waals surface area contributed by atoms with Gasteiger partial charge in [-0.3, -0.25) is 14.5 Å². The van der Waals surface area contributed by atoms with Crippen molar-refractivity contribution in [2.45, 2.75) is 76.9 Å². The van der Waals surface area contributed by atoms with Crippen molar-refractivity contribution in [3.63, 3.8) is 0 Å². The molecule has 3 rings (SSSR count). The van der Waals surface area contributed by atoms with Gasteiger partial charge in [0.2, 0.25) is 5.91 Å². The van der Waals surface area contributed by atoms with Gasteiger partial charge >= 0.3 is 6.18 Å². The van der Waals surface area contributed by atoms with E-state index in [2.05, 4.69) is 12.2 Å². The van der Waals surface area contributed by atoms with Gasteiger partial charge in [-0.2, -0.15) is 13.2 Å². The summed E-state index contributed by atoms with van der Waals surface area (Å²) in [5, 5.41) is 2.85. The van der Waals surface area contributed by atoms with Crippen molar-refractivity contribution < 1.29 is 27.5 Å². The van der Waals surface area contributed by atoms with E-state index in [1.165, 1.54) is 23.1 Å². The second-order valence-electron chi connectivity index (χ2n) is 8.49. The molecule has 2 amide bonds. The smallest absolute Gasteiger partial charge is 0.353 e. The third kappa shape index (κ3) is 4.33. The third-order valence-electron chi connectivity index (χ3n) is 6.30. The molecule has 0 unspecified atom stereocenters. The van der Waals surface area contributed by atoms with E-state index in [-0.39, 0.29) is 12.6 Å². The van der Waals surface area contributed by atoms with E-state index in [0.717, 1.165) is 18.9 Å². The molecule has 2 fully saturated rings. The fourth-order valence-electron chi connectivity index (χ4n) is 4.27. The first-order valence-corrected chi connectivity index (χ1v) is 10.5. The number of alkyl halides is 3. The maximum absolute atomic E-state index is 13.6. The number of carbonyl (C=O) groups is 2. The largest absolute Gasteiger partial charge is 0.417 e. The van der Waals surface area contributed by atoms with Gasteiger partial charge in [0, 0.05) is 6.04 Å². The molecule has 2 aliphatic rings. The molecule has 1 aromatic carbocycles. The highest BCUT2D eigenvalue weighted by Gasteiger charge is 2.54. The molecule has 1 saturated heterocycles. The molecule has 0 aromatic heterocycles. The second kappa shape index (κ2) is 8.57. The third-order valence-corrected chi connectivity index (χ3v) is 6.30. The predicted molar refractivity (Wildman–Crippen MR) is 106 cm³/mol. The van der Waals surface area contributed by atoms with E-state index < -0.39 is 40.9 Å². The van der Waals surface area contributed by atoms with Gasteiger partial charge in [0.05, 0.1) is 17.7 Å². The summed E-state index contributed by atoms with van der Waals surface area (Å²) in [7, 11) is 0. The topological polar surface area (TPSA) is 58.6 Å². The summed E-state index contributed by atoms with van der Waals surface area (Å²) in [5.41, 5.74) is -2.49. The molecular weight excluding hydrogens is 397 g/mol. The quantitative estimate of drug-likeness (QED) is 0.778. The van der Waals surface area contributed by atoms with E-state index in [1.807, 2.05) is 13.8 Å². The number of nitrogens with one attached hydrogen (secondary N) is 1. The van der Waals surface area contributed by atoms with Gasteiger partial charge in [0.25, 0.3) is 5.91 Å². The van der Waals surface area contributed by atoms with Crippen LogP contribution >= 0.6 is 0 Å². The van der Waals surface area contributed by atoms with Crippen molar-refractivity contribution in [3.8, 4) is 0 Å². The van der Waals surface area contributed by atoms with Crippen LogP contribution in [-0.4, -0.2) is 41.1 Å². The van der Waals surface area contributed by atoms with E-state index in [1.54, 1.807) is 0 Å². The molecule has 1 spiro atoms. The van der Waals surface area contributed by atoms with Crippen LogP contribution in [0.5, 0.6) is 0 Å². The summed E-state index contributed by atoms with van der Waals surface area (Å²) in [4.78, 5) is 27.7. The van der Waals surface area contributed by atoms with Crippen LogP contribution < -0.4 is 5.32 Å². The molecule has 0 radical (unpaired) electrons. The van der Waals surface area contributed by atoms with Crippen LogP contribution in [0.4, 0.5) is 13.2 Å². The lowest BCUT2D eigenvalue weighted by Gasteiger charge is -2.43. The lowest BCUT2D eigenvalue weighted by Crippen LogP contribution is -2.57. The number of ether oxygens (including phenoxy) is 1. The van der Waals surface area contributed by atoms with Crippen molar-refractivity contribution in [2.75, 3.05) is 6.61 Å². The fraction of sp³-hybridized carbons (Fsp3) is 0.636. The minimum Gasteiger partial charge on any atom is -0.353 e. The Kier molecular flexibility index (Phi) is 6.45. The van der Waals surface area contributed by atoms with E-state index in [9.17, 15) is 22.8 Å². The zero-order valence-electron chi connectivity index (χ0n) is 17.6. The summed E-state index contributed by atoms with van der Waals surface area (Å²) in [5.74, 6) is -0.761. The maximum atomic E-state index is 13.6. The zero-order valence-corrected chi connectivity index (χ0v) is 17.6.